The van der Waals surface area contributed by atoms with Crippen molar-refractivity contribution in [2.24, 2.45) is 0 Å². The first-order chi connectivity index (χ1) is 16.3. The van der Waals surface area contributed by atoms with Gasteiger partial charge in [0.1, 0.15) is 0 Å². The second-order valence-electron chi connectivity index (χ2n) is 8.69. The van der Waals surface area contributed by atoms with Crippen LogP contribution in [0.25, 0.3) is 54.9 Å². The van der Waals surface area contributed by atoms with Crippen LogP contribution in [0.4, 0.5) is 0 Å². The average Bonchev–Trinajstić information content (AvgIpc) is 2.89. The van der Waals surface area contributed by atoms with Gasteiger partial charge in [0, 0.05) is 0 Å². The van der Waals surface area contributed by atoms with Crippen LogP contribution in [-0.4, -0.2) is 0 Å². The molecule has 156 valence electrons. The molecular weight excluding hydrogens is 396 g/mol. The predicted octanol–water partition coefficient (Wildman–Crippen LogP) is 9.30. The van der Waals surface area contributed by atoms with Crippen molar-refractivity contribution in [3.05, 3.63) is 133 Å². The van der Waals surface area contributed by atoms with Crippen LogP contribution in [0.1, 0.15) is 5.56 Å². The van der Waals surface area contributed by atoms with Crippen molar-refractivity contribution in [2.75, 3.05) is 0 Å². The molecule has 0 aliphatic carbocycles. The summed E-state index contributed by atoms with van der Waals surface area (Å²) in [6.45, 7) is 2.14. The Labute approximate surface area is 194 Å². The number of rotatable bonds is 3. The zero-order valence-corrected chi connectivity index (χ0v) is 18.6. The molecule has 0 saturated carbocycles. The molecule has 0 fully saturated rings. The number of aryl methyl sites for hydroxylation is 1. The van der Waals surface area contributed by atoms with E-state index in [0.717, 1.165) is 0 Å². The summed E-state index contributed by atoms with van der Waals surface area (Å²) in [5, 5.41) is 5.17. The molecule has 0 aliphatic heterocycles. The zero-order valence-electron chi connectivity index (χ0n) is 18.6. The molecule has 0 aromatic heterocycles. The molecule has 0 heteroatoms. The largest absolute Gasteiger partial charge is 0.0622 e. The van der Waals surface area contributed by atoms with Gasteiger partial charge in [0.05, 0.1) is 0 Å². The fraction of sp³-hybridized carbons (Fsp3) is 0.0303. The van der Waals surface area contributed by atoms with E-state index in [4.69, 9.17) is 0 Å². The summed E-state index contributed by atoms with van der Waals surface area (Å²) in [6.07, 6.45) is 0. The van der Waals surface area contributed by atoms with E-state index < -0.39 is 0 Å². The maximum absolute atomic E-state index is 2.36. The van der Waals surface area contributed by atoms with Gasteiger partial charge in [-0.3, -0.25) is 0 Å². The molecule has 0 heterocycles. The van der Waals surface area contributed by atoms with E-state index in [0.29, 0.717) is 0 Å². The van der Waals surface area contributed by atoms with Gasteiger partial charge in [0.25, 0.3) is 0 Å². The van der Waals surface area contributed by atoms with E-state index in [2.05, 4.69) is 134 Å². The third-order valence-electron chi connectivity index (χ3n) is 6.53. The lowest BCUT2D eigenvalue weighted by atomic mass is 9.88. The van der Waals surface area contributed by atoms with Gasteiger partial charge in [-0.1, -0.05) is 121 Å². The van der Waals surface area contributed by atoms with Crippen molar-refractivity contribution in [1.29, 1.82) is 0 Å². The lowest BCUT2D eigenvalue weighted by molar-refractivity contribution is 1.47. The number of benzene rings is 6. The first kappa shape index (κ1) is 19.5. The zero-order chi connectivity index (χ0) is 22.2. The van der Waals surface area contributed by atoms with Crippen LogP contribution in [0.3, 0.4) is 0 Å². The Morgan fingerprint density at radius 2 is 1.03 bits per heavy atom. The van der Waals surface area contributed by atoms with Crippen LogP contribution in [0.2, 0.25) is 0 Å². The fourth-order valence-electron chi connectivity index (χ4n) is 4.85. The van der Waals surface area contributed by atoms with E-state index in [9.17, 15) is 0 Å². The molecular formula is C33H24. The summed E-state index contributed by atoms with van der Waals surface area (Å²) in [5.74, 6) is 0. The van der Waals surface area contributed by atoms with Gasteiger partial charge in [-0.25, -0.2) is 0 Å². The summed E-state index contributed by atoms with van der Waals surface area (Å²) < 4.78 is 0. The highest BCUT2D eigenvalue weighted by atomic mass is 14.2. The molecule has 0 radical (unpaired) electrons. The van der Waals surface area contributed by atoms with Crippen molar-refractivity contribution in [2.45, 2.75) is 6.92 Å². The molecule has 0 amide bonds. The quantitative estimate of drug-likeness (QED) is 0.250. The Morgan fingerprint density at radius 3 is 1.76 bits per heavy atom. The van der Waals surface area contributed by atoms with Gasteiger partial charge in [0.2, 0.25) is 0 Å². The number of fused-ring (bicyclic) bond motifs is 3. The normalized spacial score (nSPS) is 11.2. The van der Waals surface area contributed by atoms with E-state index in [1.54, 1.807) is 0 Å². The molecule has 0 saturated heterocycles. The lowest BCUT2D eigenvalue weighted by Gasteiger charge is -2.16. The molecule has 0 N–H and O–H groups in total. The smallest absolute Gasteiger partial charge is 0.00206 e. The van der Waals surface area contributed by atoms with Crippen molar-refractivity contribution < 1.29 is 0 Å². The van der Waals surface area contributed by atoms with Crippen LogP contribution in [-0.2, 0) is 0 Å². The van der Waals surface area contributed by atoms with Gasteiger partial charge in [-0.05, 0) is 74.0 Å². The van der Waals surface area contributed by atoms with Gasteiger partial charge < -0.3 is 0 Å². The molecule has 6 aromatic rings. The highest BCUT2D eigenvalue weighted by Gasteiger charge is 2.13. The predicted molar refractivity (Wildman–Crippen MR) is 142 cm³/mol. The second-order valence-corrected chi connectivity index (χ2v) is 8.69. The molecule has 0 spiro atoms. The maximum Gasteiger partial charge on any atom is -0.00206 e. The Bertz CT molecular complexity index is 1580. The van der Waals surface area contributed by atoms with Crippen molar-refractivity contribution >= 4 is 21.5 Å². The Balaban J connectivity index is 1.71. The summed E-state index contributed by atoms with van der Waals surface area (Å²) in [4.78, 5) is 0. The van der Waals surface area contributed by atoms with E-state index >= 15 is 0 Å². The topological polar surface area (TPSA) is 0 Å². The first-order valence-electron chi connectivity index (χ1n) is 11.5. The summed E-state index contributed by atoms with van der Waals surface area (Å²) in [5.41, 5.74) is 8.82. The van der Waals surface area contributed by atoms with Crippen LogP contribution < -0.4 is 0 Å². The Kier molecular flexibility index (Phi) is 4.78. The molecule has 33 heavy (non-hydrogen) atoms. The summed E-state index contributed by atoms with van der Waals surface area (Å²) in [6, 6.07) is 46.2. The minimum atomic E-state index is 1.24. The van der Waals surface area contributed by atoms with E-state index in [1.807, 2.05) is 0 Å². The van der Waals surface area contributed by atoms with Gasteiger partial charge in [-0.2, -0.15) is 0 Å². The van der Waals surface area contributed by atoms with Crippen LogP contribution in [0.15, 0.2) is 127 Å². The second kappa shape index (κ2) is 8.07. The molecule has 0 aliphatic rings. The van der Waals surface area contributed by atoms with Crippen LogP contribution >= 0.6 is 0 Å². The molecule has 0 unspecified atom stereocenters. The molecule has 0 nitrogen and oxygen atoms in total. The summed E-state index contributed by atoms with van der Waals surface area (Å²) >= 11 is 0. The van der Waals surface area contributed by atoms with Gasteiger partial charge >= 0.3 is 0 Å². The van der Waals surface area contributed by atoms with Crippen molar-refractivity contribution in [3.8, 4) is 33.4 Å². The van der Waals surface area contributed by atoms with Crippen LogP contribution in [0.5, 0.6) is 0 Å². The standard InChI is InChI=1S/C33H24/c1-23-15-17-26(18-16-23)29-13-8-14-31-32(25-11-6-3-7-12-25)22-28-21-27(19-20-30(28)33(29)31)24-9-4-2-5-10-24/h2-22H,1H3. The Hall–Kier alpha value is -4.16. The first-order valence-corrected chi connectivity index (χ1v) is 11.5. The minimum absolute atomic E-state index is 1.24. The summed E-state index contributed by atoms with van der Waals surface area (Å²) in [7, 11) is 0. The number of hydrogen-bond donors (Lipinski definition) is 0. The van der Waals surface area contributed by atoms with E-state index in [-0.39, 0.29) is 0 Å². The monoisotopic (exact) mass is 420 g/mol. The highest BCUT2D eigenvalue weighted by molar-refractivity contribution is 6.19. The third-order valence-corrected chi connectivity index (χ3v) is 6.53. The maximum atomic E-state index is 2.36. The Morgan fingerprint density at radius 1 is 0.394 bits per heavy atom. The number of hydrogen-bond acceptors (Lipinski definition) is 0. The molecule has 0 atom stereocenters. The van der Waals surface area contributed by atoms with Gasteiger partial charge in [0.15, 0.2) is 0 Å². The lowest BCUT2D eigenvalue weighted by Crippen LogP contribution is -1.89. The molecule has 6 aromatic carbocycles. The highest BCUT2D eigenvalue weighted by Crippen LogP contribution is 2.41. The van der Waals surface area contributed by atoms with Crippen LogP contribution in [0, 0.1) is 6.92 Å². The van der Waals surface area contributed by atoms with Crippen molar-refractivity contribution in [3.63, 3.8) is 0 Å². The van der Waals surface area contributed by atoms with Crippen molar-refractivity contribution in [1.82, 2.24) is 0 Å². The third kappa shape index (κ3) is 3.50. The van der Waals surface area contributed by atoms with E-state index in [1.165, 1.54) is 60.5 Å². The molecule has 6 rings (SSSR count). The minimum Gasteiger partial charge on any atom is -0.0622 e. The fourth-order valence-corrected chi connectivity index (χ4v) is 4.85. The molecule has 0 bridgehead atoms. The van der Waals surface area contributed by atoms with Gasteiger partial charge in [-0.15, -0.1) is 0 Å². The average molecular weight is 421 g/mol. The SMILES string of the molecule is Cc1ccc(-c2cccc3c(-c4ccccc4)cc4cc(-c5ccccc5)ccc4c23)cc1.